The molecule has 7 nitrogen and oxygen atoms in total. The van der Waals surface area contributed by atoms with Crippen LogP contribution in [0.4, 0.5) is 4.39 Å². The van der Waals surface area contributed by atoms with E-state index in [1.54, 1.807) is 31.1 Å². The summed E-state index contributed by atoms with van der Waals surface area (Å²) < 4.78 is 18.8. The third kappa shape index (κ3) is 9.57. The van der Waals surface area contributed by atoms with E-state index in [2.05, 4.69) is 20.1 Å². The first kappa shape index (κ1) is 26.6. The fraction of sp³-hybridized carbons (Fsp3) is 0.619. The lowest BCUT2D eigenvalue weighted by atomic mass is 10.2. The van der Waals surface area contributed by atoms with Gasteiger partial charge in [-0.15, -0.1) is 24.0 Å². The normalized spacial score (nSPS) is 14.9. The standard InChI is InChI=1S/C21H34FN5O2.HI/c1-4-29-14-6-9-23-21(24-16-20(28)25(2)3)27-12-10-26(11-13-27)17-18-7-5-8-19(22)15-18;/h5,7-8,15H,4,6,9-14,16-17H2,1-3H3,(H,23,24);1H. The lowest BCUT2D eigenvalue weighted by molar-refractivity contribution is -0.127. The molecule has 1 heterocycles. The van der Waals surface area contributed by atoms with Crippen molar-refractivity contribution in [2.24, 2.45) is 4.99 Å². The molecule has 1 aliphatic heterocycles. The molecule has 170 valence electrons. The maximum Gasteiger partial charge on any atom is 0.243 e. The Balaban J connectivity index is 0.00000450. The highest BCUT2D eigenvalue weighted by Crippen LogP contribution is 2.10. The van der Waals surface area contributed by atoms with Crippen LogP contribution in [0.1, 0.15) is 18.9 Å². The van der Waals surface area contributed by atoms with Crippen molar-refractivity contribution in [2.75, 3.05) is 66.6 Å². The largest absolute Gasteiger partial charge is 0.382 e. The Morgan fingerprint density at radius 2 is 2.00 bits per heavy atom. The van der Waals surface area contributed by atoms with Crippen LogP contribution >= 0.6 is 24.0 Å². The summed E-state index contributed by atoms with van der Waals surface area (Å²) in [4.78, 5) is 22.5. The fourth-order valence-electron chi connectivity index (χ4n) is 3.08. The van der Waals surface area contributed by atoms with Crippen LogP contribution in [0.25, 0.3) is 0 Å². The average Bonchev–Trinajstić information content (AvgIpc) is 2.70. The lowest BCUT2D eigenvalue weighted by Gasteiger charge is -2.36. The molecular weight excluding hydrogens is 500 g/mol. The summed E-state index contributed by atoms with van der Waals surface area (Å²) in [6.45, 7) is 8.35. The number of halogens is 2. The monoisotopic (exact) mass is 535 g/mol. The molecule has 1 N–H and O–H groups in total. The van der Waals surface area contributed by atoms with E-state index in [0.29, 0.717) is 13.2 Å². The zero-order chi connectivity index (χ0) is 21.1. The van der Waals surface area contributed by atoms with Gasteiger partial charge in [-0.2, -0.15) is 0 Å². The highest BCUT2D eigenvalue weighted by Gasteiger charge is 2.20. The Morgan fingerprint density at radius 1 is 1.27 bits per heavy atom. The molecule has 0 unspecified atom stereocenters. The summed E-state index contributed by atoms with van der Waals surface area (Å²) in [7, 11) is 3.47. The number of piperazine rings is 1. The molecule has 1 aromatic rings. The summed E-state index contributed by atoms with van der Waals surface area (Å²) in [5.41, 5.74) is 0.984. The summed E-state index contributed by atoms with van der Waals surface area (Å²) >= 11 is 0. The van der Waals surface area contributed by atoms with Crippen LogP contribution in [0.5, 0.6) is 0 Å². The molecule has 1 amide bonds. The minimum Gasteiger partial charge on any atom is -0.382 e. The molecule has 2 rings (SSSR count). The molecule has 0 bridgehead atoms. The van der Waals surface area contributed by atoms with Crippen molar-refractivity contribution in [2.45, 2.75) is 19.9 Å². The van der Waals surface area contributed by atoms with Crippen LogP contribution in [-0.4, -0.2) is 93.1 Å². The van der Waals surface area contributed by atoms with Gasteiger partial charge in [-0.3, -0.25) is 9.69 Å². The minimum atomic E-state index is -0.197. The number of hydrogen-bond acceptors (Lipinski definition) is 4. The van der Waals surface area contributed by atoms with E-state index in [1.807, 2.05) is 13.0 Å². The fourth-order valence-corrected chi connectivity index (χ4v) is 3.08. The molecule has 0 radical (unpaired) electrons. The lowest BCUT2D eigenvalue weighted by Crippen LogP contribution is -2.52. The second kappa shape index (κ2) is 14.5. The molecule has 9 heteroatoms. The number of benzene rings is 1. The molecule has 1 aromatic carbocycles. The predicted octanol–water partition coefficient (Wildman–Crippen LogP) is 2.02. The Labute approximate surface area is 196 Å². The van der Waals surface area contributed by atoms with Crippen LogP contribution in [0.15, 0.2) is 29.3 Å². The van der Waals surface area contributed by atoms with E-state index >= 15 is 0 Å². The molecule has 0 spiro atoms. The molecule has 30 heavy (non-hydrogen) atoms. The number of aliphatic imine (C=N–C) groups is 1. The van der Waals surface area contributed by atoms with E-state index < -0.39 is 0 Å². The first-order chi connectivity index (χ1) is 14.0. The highest BCUT2D eigenvalue weighted by atomic mass is 127. The molecule has 0 aromatic heterocycles. The maximum absolute atomic E-state index is 13.4. The summed E-state index contributed by atoms with van der Waals surface area (Å²) in [5, 5.41) is 3.37. The maximum atomic E-state index is 13.4. The number of likely N-dealkylation sites (N-methyl/N-ethyl adjacent to an activating group) is 1. The van der Waals surface area contributed by atoms with Gasteiger partial charge >= 0.3 is 0 Å². The van der Waals surface area contributed by atoms with Crippen molar-refractivity contribution in [3.63, 3.8) is 0 Å². The van der Waals surface area contributed by atoms with E-state index in [9.17, 15) is 9.18 Å². The molecule has 0 aliphatic carbocycles. The number of ether oxygens (including phenoxy) is 1. The van der Waals surface area contributed by atoms with Crippen molar-refractivity contribution >= 4 is 35.8 Å². The van der Waals surface area contributed by atoms with Crippen molar-refractivity contribution in [3.8, 4) is 0 Å². The zero-order valence-corrected chi connectivity index (χ0v) is 20.6. The van der Waals surface area contributed by atoms with Crippen molar-refractivity contribution < 1.29 is 13.9 Å². The van der Waals surface area contributed by atoms with Crippen LogP contribution in [-0.2, 0) is 16.1 Å². The van der Waals surface area contributed by atoms with E-state index in [0.717, 1.165) is 57.2 Å². The van der Waals surface area contributed by atoms with Crippen molar-refractivity contribution in [1.82, 2.24) is 20.0 Å². The van der Waals surface area contributed by atoms with Gasteiger partial charge in [0.25, 0.3) is 0 Å². The second-order valence-corrected chi connectivity index (χ2v) is 7.30. The number of hydrogen-bond donors (Lipinski definition) is 1. The third-order valence-corrected chi connectivity index (χ3v) is 4.78. The van der Waals surface area contributed by atoms with Crippen LogP contribution < -0.4 is 5.32 Å². The van der Waals surface area contributed by atoms with E-state index in [4.69, 9.17) is 4.74 Å². The summed E-state index contributed by atoms with van der Waals surface area (Å²) in [5.74, 6) is 0.544. The molecule has 1 fully saturated rings. The smallest absolute Gasteiger partial charge is 0.243 e. The number of carbonyl (C=O) groups excluding carboxylic acids is 1. The van der Waals surface area contributed by atoms with Gasteiger partial charge in [-0.1, -0.05) is 12.1 Å². The van der Waals surface area contributed by atoms with Gasteiger partial charge in [0.1, 0.15) is 12.4 Å². The van der Waals surface area contributed by atoms with Crippen LogP contribution in [0.2, 0.25) is 0 Å². The highest BCUT2D eigenvalue weighted by molar-refractivity contribution is 14.0. The van der Waals surface area contributed by atoms with Crippen molar-refractivity contribution in [3.05, 3.63) is 35.6 Å². The second-order valence-electron chi connectivity index (χ2n) is 7.30. The first-order valence-electron chi connectivity index (χ1n) is 10.3. The Kier molecular flexibility index (Phi) is 12.9. The van der Waals surface area contributed by atoms with Crippen LogP contribution in [0, 0.1) is 5.82 Å². The van der Waals surface area contributed by atoms with Crippen LogP contribution in [0.3, 0.4) is 0 Å². The van der Waals surface area contributed by atoms with Gasteiger partial charge in [0.05, 0.1) is 0 Å². The molecular formula is C21H35FIN5O2. The minimum absolute atomic E-state index is 0. The van der Waals surface area contributed by atoms with E-state index in [1.165, 1.54) is 6.07 Å². The topological polar surface area (TPSA) is 60.4 Å². The summed E-state index contributed by atoms with van der Waals surface area (Å²) in [6, 6.07) is 6.76. The van der Waals surface area contributed by atoms with Gasteiger partial charge in [0.2, 0.25) is 5.91 Å². The van der Waals surface area contributed by atoms with Gasteiger partial charge in [0.15, 0.2) is 5.96 Å². The number of rotatable bonds is 9. The van der Waals surface area contributed by atoms with E-state index in [-0.39, 0.29) is 42.2 Å². The SMILES string of the molecule is CCOCCCNC(=NCC(=O)N(C)C)N1CCN(Cc2cccc(F)c2)CC1.I. The molecule has 0 saturated carbocycles. The zero-order valence-electron chi connectivity index (χ0n) is 18.3. The summed E-state index contributed by atoms with van der Waals surface area (Å²) in [6.07, 6.45) is 0.883. The number of carbonyl (C=O) groups is 1. The van der Waals surface area contributed by atoms with Gasteiger partial charge < -0.3 is 19.9 Å². The van der Waals surface area contributed by atoms with Gasteiger partial charge in [-0.05, 0) is 31.0 Å². The predicted molar refractivity (Wildman–Crippen MR) is 129 cm³/mol. The Bertz CT molecular complexity index is 667. The van der Waals surface area contributed by atoms with Crippen molar-refractivity contribution in [1.29, 1.82) is 0 Å². The molecule has 1 aliphatic rings. The number of guanidine groups is 1. The quantitative estimate of drug-likeness (QED) is 0.227. The molecule has 0 atom stereocenters. The van der Waals surface area contributed by atoms with Gasteiger partial charge in [-0.25, -0.2) is 9.38 Å². The van der Waals surface area contributed by atoms with Gasteiger partial charge in [0, 0.05) is 66.6 Å². The number of amides is 1. The Hall–Kier alpha value is -1.46. The molecule has 1 saturated heterocycles. The number of nitrogens with zero attached hydrogens (tertiary/aromatic N) is 4. The average molecular weight is 535 g/mol. The Morgan fingerprint density at radius 3 is 2.63 bits per heavy atom. The first-order valence-corrected chi connectivity index (χ1v) is 10.3. The number of nitrogens with one attached hydrogen (secondary N) is 1. The third-order valence-electron chi connectivity index (χ3n) is 4.78.